The van der Waals surface area contributed by atoms with Crippen LogP contribution in [0.25, 0.3) is 5.52 Å². The van der Waals surface area contributed by atoms with Gasteiger partial charge >= 0.3 is 12.1 Å². The molecule has 0 aliphatic heterocycles. The van der Waals surface area contributed by atoms with Gasteiger partial charge in [-0.3, -0.25) is 4.79 Å². The van der Waals surface area contributed by atoms with Crippen LogP contribution in [-0.4, -0.2) is 16.5 Å². The minimum Gasteiger partial charge on any atom is -0.320 e. The number of nitriles is 1. The van der Waals surface area contributed by atoms with Crippen molar-refractivity contribution in [3.63, 3.8) is 0 Å². The van der Waals surface area contributed by atoms with Crippen LogP contribution in [0.4, 0.5) is 18.9 Å². The molecule has 4 nitrogen and oxygen atoms in total. The monoisotopic (exact) mass is 253 g/mol. The number of aromatic nitrogens is 1. The van der Waals surface area contributed by atoms with Crippen LogP contribution in [0.1, 0.15) is 5.56 Å². The molecule has 2 aromatic heterocycles. The van der Waals surface area contributed by atoms with Crippen molar-refractivity contribution < 1.29 is 18.0 Å². The Morgan fingerprint density at radius 1 is 1.39 bits per heavy atom. The Balaban J connectivity index is 2.46. The third-order valence-corrected chi connectivity index (χ3v) is 2.30. The molecule has 0 fully saturated rings. The predicted molar refractivity (Wildman–Crippen MR) is 56.8 cm³/mol. The summed E-state index contributed by atoms with van der Waals surface area (Å²) < 4.78 is 37.8. The third kappa shape index (κ3) is 2.00. The number of fused-ring (bicyclic) bond motifs is 1. The molecular formula is C11H6F3N3O. The van der Waals surface area contributed by atoms with Crippen LogP contribution in [0, 0.1) is 11.3 Å². The molecular weight excluding hydrogens is 247 g/mol. The second-order valence-corrected chi connectivity index (χ2v) is 3.47. The smallest absolute Gasteiger partial charge is 0.320 e. The van der Waals surface area contributed by atoms with Gasteiger partial charge in [0.05, 0.1) is 11.2 Å². The lowest BCUT2D eigenvalue weighted by Gasteiger charge is -2.05. The first-order valence-electron chi connectivity index (χ1n) is 4.81. The summed E-state index contributed by atoms with van der Waals surface area (Å²) in [6.45, 7) is 0. The number of pyridine rings is 1. The second-order valence-electron chi connectivity index (χ2n) is 3.47. The Morgan fingerprint density at radius 3 is 2.72 bits per heavy atom. The fourth-order valence-corrected chi connectivity index (χ4v) is 1.53. The van der Waals surface area contributed by atoms with Crippen LogP contribution >= 0.6 is 0 Å². The largest absolute Gasteiger partial charge is 0.471 e. The Bertz CT molecular complexity index is 652. The molecule has 0 aromatic carbocycles. The van der Waals surface area contributed by atoms with Crippen molar-refractivity contribution >= 4 is 17.1 Å². The van der Waals surface area contributed by atoms with Crippen LogP contribution < -0.4 is 5.32 Å². The standard InChI is InChI=1S/C11H6F3N3O/c12-11(13,14)10(18)16-8-6-17-4-2-1-3-9(17)7(8)5-15/h1-4,6H,(H,16,18). The summed E-state index contributed by atoms with van der Waals surface area (Å²) in [5, 5.41) is 10.6. The molecule has 2 aromatic rings. The summed E-state index contributed by atoms with van der Waals surface area (Å²) >= 11 is 0. The van der Waals surface area contributed by atoms with E-state index in [1.54, 1.807) is 35.8 Å². The van der Waals surface area contributed by atoms with Crippen LogP contribution in [-0.2, 0) is 4.79 Å². The van der Waals surface area contributed by atoms with E-state index in [0.717, 1.165) is 0 Å². The zero-order valence-electron chi connectivity index (χ0n) is 8.82. The number of halogens is 3. The molecule has 0 radical (unpaired) electrons. The molecule has 0 aliphatic rings. The van der Waals surface area contributed by atoms with Gasteiger partial charge in [0, 0.05) is 12.4 Å². The summed E-state index contributed by atoms with van der Waals surface area (Å²) in [7, 11) is 0. The van der Waals surface area contributed by atoms with Crippen molar-refractivity contribution in [3.8, 4) is 6.07 Å². The van der Waals surface area contributed by atoms with Crippen LogP contribution in [0.15, 0.2) is 30.6 Å². The number of carbonyl (C=O) groups is 1. The van der Waals surface area contributed by atoms with Crippen LogP contribution in [0.3, 0.4) is 0 Å². The highest BCUT2D eigenvalue weighted by Crippen LogP contribution is 2.25. The van der Waals surface area contributed by atoms with Gasteiger partial charge in [-0.1, -0.05) is 6.07 Å². The molecule has 0 spiro atoms. The molecule has 0 bridgehead atoms. The van der Waals surface area contributed by atoms with E-state index in [1.165, 1.54) is 10.6 Å². The molecule has 2 rings (SSSR count). The van der Waals surface area contributed by atoms with E-state index in [2.05, 4.69) is 0 Å². The fraction of sp³-hybridized carbons (Fsp3) is 0.0909. The molecule has 0 saturated carbocycles. The Labute approximate surface area is 99.2 Å². The van der Waals surface area contributed by atoms with E-state index in [0.29, 0.717) is 5.52 Å². The lowest BCUT2D eigenvalue weighted by molar-refractivity contribution is -0.167. The summed E-state index contributed by atoms with van der Waals surface area (Å²) in [6, 6.07) is 6.64. The average molecular weight is 253 g/mol. The van der Waals surface area contributed by atoms with E-state index in [1.807, 2.05) is 0 Å². The van der Waals surface area contributed by atoms with E-state index in [-0.39, 0.29) is 11.3 Å². The number of carbonyl (C=O) groups excluding carboxylic acids is 1. The summed E-state index contributed by atoms with van der Waals surface area (Å²) in [5.41, 5.74) is 0.261. The maximum atomic E-state index is 12.1. The average Bonchev–Trinajstić information content (AvgIpc) is 2.64. The van der Waals surface area contributed by atoms with Gasteiger partial charge in [0.2, 0.25) is 0 Å². The number of alkyl halides is 3. The lowest BCUT2D eigenvalue weighted by atomic mass is 10.2. The fourth-order valence-electron chi connectivity index (χ4n) is 1.53. The van der Waals surface area contributed by atoms with Gasteiger partial charge < -0.3 is 9.72 Å². The first kappa shape index (κ1) is 12.0. The zero-order chi connectivity index (χ0) is 13.3. The highest BCUT2D eigenvalue weighted by atomic mass is 19.4. The quantitative estimate of drug-likeness (QED) is 0.847. The Morgan fingerprint density at radius 2 is 2.11 bits per heavy atom. The summed E-state index contributed by atoms with van der Waals surface area (Å²) in [5.74, 6) is -2.10. The van der Waals surface area contributed by atoms with Gasteiger partial charge in [-0.2, -0.15) is 18.4 Å². The lowest BCUT2D eigenvalue weighted by Crippen LogP contribution is -2.30. The highest BCUT2D eigenvalue weighted by Gasteiger charge is 2.39. The Hall–Kier alpha value is -2.49. The van der Waals surface area contributed by atoms with Crippen molar-refractivity contribution in [2.24, 2.45) is 0 Å². The maximum Gasteiger partial charge on any atom is 0.471 e. The molecule has 0 saturated heterocycles. The van der Waals surface area contributed by atoms with Gasteiger partial charge in [-0.25, -0.2) is 0 Å². The van der Waals surface area contributed by atoms with Gasteiger partial charge in [0.15, 0.2) is 0 Å². The van der Waals surface area contributed by atoms with Crippen LogP contribution in [0.2, 0.25) is 0 Å². The SMILES string of the molecule is N#Cc1c(NC(=O)C(F)(F)F)cn2ccccc12. The normalized spacial score (nSPS) is 11.2. The number of amides is 1. The van der Waals surface area contributed by atoms with Gasteiger partial charge in [-0.15, -0.1) is 0 Å². The first-order valence-corrected chi connectivity index (χ1v) is 4.81. The minimum atomic E-state index is -4.99. The third-order valence-electron chi connectivity index (χ3n) is 2.30. The van der Waals surface area contributed by atoms with Gasteiger partial charge in [0.25, 0.3) is 0 Å². The van der Waals surface area contributed by atoms with E-state index >= 15 is 0 Å². The molecule has 18 heavy (non-hydrogen) atoms. The molecule has 0 aliphatic carbocycles. The van der Waals surface area contributed by atoms with Crippen molar-refractivity contribution in [1.29, 1.82) is 5.26 Å². The predicted octanol–water partition coefficient (Wildman–Crippen LogP) is 2.31. The number of nitrogens with one attached hydrogen (secondary N) is 1. The van der Waals surface area contributed by atoms with E-state index in [9.17, 15) is 18.0 Å². The topological polar surface area (TPSA) is 57.3 Å². The van der Waals surface area contributed by atoms with Crippen molar-refractivity contribution in [2.45, 2.75) is 6.18 Å². The van der Waals surface area contributed by atoms with Crippen molar-refractivity contribution in [3.05, 3.63) is 36.2 Å². The molecule has 2 heterocycles. The highest BCUT2D eigenvalue weighted by molar-refractivity contribution is 5.97. The number of hydrogen-bond acceptors (Lipinski definition) is 2. The minimum absolute atomic E-state index is 0.00630. The van der Waals surface area contributed by atoms with E-state index in [4.69, 9.17) is 5.26 Å². The van der Waals surface area contributed by atoms with Gasteiger partial charge in [-0.05, 0) is 12.1 Å². The molecule has 0 unspecified atom stereocenters. The molecule has 1 N–H and O–H groups in total. The number of anilines is 1. The number of rotatable bonds is 1. The van der Waals surface area contributed by atoms with Crippen molar-refractivity contribution in [2.75, 3.05) is 5.32 Å². The molecule has 92 valence electrons. The number of hydrogen-bond donors (Lipinski definition) is 1. The van der Waals surface area contributed by atoms with Crippen LogP contribution in [0.5, 0.6) is 0 Å². The number of nitrogens with zero attached hydrogens (tertiary/aromatic N) is 2. The molecule has 1 amide bonds. The maximum absolute atomic E-state index is 12.1. The van der Waals surface area contributed by atoms with Crippen molar-refractivity contribution in [1.82, 2.24) is 4.40 Å². The Kier molecular flexibility index (Phi) is 2.71. The summed E-state index contributed by atoms with van der Waals surface area (Å²) in [4.78, 5) is 10.8. The van der Waals surface area contributed by atoms with Gasteiger partial charge in [0.1, 0.15) is 11.6 Å². The molecule has 7 heteroatoms. The molecule has 0 atom stereocenters. The van der Waals surface area contributed by atoms with E-state index < -0.39 is 12.1 Å². The second kappa shape index (κ2) is 4.07. The first-order chi connectivity index (χ1) is 8.43. The zero-order valence-corrected chi connectivity index (χ0v) is 8.82. The summed E-state index contributed by atoms with van der Waals surface area (Å²) in [6.07, 6.45) is -2.15.